The number of nitrogens with zero attached hydrogens (tertiary/aromatic N) is 3. The molecule has 0 spiro atoms. The van der Waals surface area contributed by atoms with Crippen LogP contribution in [0.25, 0.3) is 0 Å². The number of rotatable bonds is 5. The molecule has 3 heterocycles. The van der Waals surface area contributed by atoms with E-state index < -0.39 is 0 Å². The van der Waals surface area contributed by atoms with E-state index in [0.29, 0.717) is 16.6 Å². The molecule has 2 aliphatic heterocycles. The standard InChI is InChI=1S/C19H28N4O2S.2ClH/c1-14(18(24)22-10-3-4-11-22)26-17-16(6-5-9-21-17)19(25)23-12-7-15(20-2)8-13-23;;/h5-6,9,14-15,20H,3-4,7-8,10-13H2,1-2H3;2*1H. The molecule has 1 atom stereocenters. The highest BCUT2D eigenvalue weighted by atomic mass is 35.5. The first-order chi connectivity index (χ1) is 12.6. The molecule has 9 heteroatoms. The Hall–Kier alpha value is -1.02. The van der Waals surface area contributed by atoms with Crippen LogP contribution in [0, 0.1) is 0 Å². The molecule has 2 amide bonds. The second-order valence-electron chi connectivity index (χ2n) is 7.00. The molecule has 1 aromatic heterocycles. The van der Waals surface area contributed by atoms with Crippen molar-refractivity contribution in [1.82, 2.24) is 20.1 Å². The second kappa shape index (κ2) is 11.9. The Kier molecular flexibility index (Phi) is 10.6. The number of aromatic nitrogens is 1. The summed E-state index contributed by atoms with van der Waals surface area (Å²) in [5.74, 6) is 0.169. The number of carbonyl (C=O) groups excluding carboxylic acids is 2. The number of amides is 2. The maximum Gasteiger partial charge on any atom is 0.256 e. The van der Waals surface area contributed by atoms with Gasteiger partial charge in [0.15, 0.2) is 0 Å². The van der Waals surface area contributed by atoms with E-state index in [1.54, 1.807) is 12.3 Å². The Morgan fingerprint density at radius 2 is 1.79 bits per heavy atom. The number of piperidine rings is 1. The molecule has 2 aliphatic rings. The fourth-order valence-electron chi connectivity index (χ4n) is 3.60. The molecule has 1 unspecified atom stereocenters. The van der Waals surface area contributed by atoms with E-state index >= 15 is 0 Å². The van der Waals surface area contributed by atoms with Gasteiger partial charge in [0.1, 0.15) is 5.03 Å². The van der Waals surface area contributed by atoms with Crippen molar-refractivity contribution in [2.75, 3.05) is 33.2 Å². The van der Waals surface area contributed by atoms with Crippen LogP contribution < -0.4 is 5.32 Å². The van der Waals surface area contributed by atoms with Gasteiger partial charge in [-0.25, -0.2) is 4.98 Å². The first kappa shape index (κ1) is 25.0. The first-order valence-corrected chi connectivity index (χ1v) is 10.3. The van der Waals surface area contributed by atoms with E-state index in [0.717, 1.165) is 51.9 Å². The van der Waals surface area contributed by atoms with Gasteiger partial charge >= 0.3 is 0 Å². The topological polar surface area (TPSA) is 65.5 Å². The van der Waals surface area contributed by atoms with E-state index in [1.165, 1.54) is 11.8 Å². The molecule has 0 bridgehead atoms. The fraction of sp³-hybridized carbons (Fsp3) is 0.632. The largest absolute Gasteiger partial charge is 0.342 e. The Labute approximate surface area is 184 Å². The average Bonchev–Trinajstić information content (AvgIpc) is 3.22. The molecule has 1 N–H and O–H groups in total. The Morgan fingerprint density at radius 3 is 2.39 bits per heavy atom. The number of halogens is 2. The van der Waals surface area contributed by atoms with E-state index in [9.17, 15) is 9.59 Å². The van der Waals surface area contributed by atoms with Gasteiger partial charge in [0.05, 0.1) is 10.8 Å². The number of nitrogens with one attached hydrogen (secondary N) is 1. The third-order valence-corrected chi connectivity index (χ3v) is 6.35. The zero-order valence-corrected chi connectivity index (χ0v) is 18.9. The predicted molar refractivity (Wildman–Crippen MR) is 118 cm³/mol. The van der Waals surface area contributed by atoms with Crippen LogP contribution >= 0.6 is 36.6 Å². The molecular weight excluding hydrogens is 419 g/mol. The van der Waals surface area contributed by atoms with Gasteiger partial charge in [-0.15, -0.1) is 24.8 Å². The van der Waals surface area contributed by atoms with Gasteiger partial charge in [-0.3, -0.25) is 9.59 Å². The summed E-state index contributed by atoms with van der Waals surface area (Å²) in [7, 11) is 1.97. The van der Waals surface area contributed by atoms with Crippen molar-refractivity contribution in [1.29, 1.82) is 0 Å². The van der Waals surface area contributed by atoms with E-state index in [1.807, 2.05) is 29.8 Å². The minimum Gasteiger partial charge on any atom is -0.342 e. The number of likely N-dealkylation sites (tertiary alicyclic amines) is 2. The van der Waals surface area contributed by atoms with Crippen LogP contribution in [-0.4, -0.2) is 71.1 Å². The summed E-state index contributed by atoms with van der Waals surface area (Å²) in [6.45, 7) is 5.11. The number of carbonyl (C=O) groups is 2. The zero-order valence-electron chi connectivity index (χ0n) is 16.4. The van der Waals surface area contributed by atoms with Crippen molar-refractivity contribution in [3.63, 3.8) is 0 Å². The summed E-state index contributed by atoms with van der Waals surface area (Å²) in [4.78, 5) is 33.8. The molecule has 2 fully saturated rings. The van der Waals surface area contributed by atoms with Gasteiger partial charge in [-0.05, 0) is 51.8 Å². The molecule has 2 saturated heterocycles. The van der Waals surface area contributed by atoms with E-state index in [2.05, 4.69) is 10.3 Å². The summed E-state index contributed by atoms with van der Waals surface area (Å²) < 4.78 is 0. The lowest BCUT2D eigenvalue weighted by molar-refractivity contribution is -0.129. The SMILES string of the molecule is CNC1CCN(C(=O)c2cccnc2SC(C)C(=O)N2CCCC2)CC1.Cl.Cl. The molecule has 6 nitrogen and oxygen atoms in total. The van der Waals surface area contributed by atoms with Gasteiger partial charge in [0, 0.05) is 38.4 Å². The summed E-state index contributed by atoms with van der Waals surface area (Å²) in [6, 6.07) is 4.11. The number of pyridine rings is 1. The Morgan fingerprint density at radius 1 is 1.14 bits per heavy atom. The maximum absolute atomic E-state index is 13.0. The van der Waals surface area contributed by atoms with Gasteiger partial charge in [0.25, 0.3) is 5.91 Å². The molecule has 0 aliphatic carbocycles. The molecule has 0 aromatic carbocycles. The van der Waals surface area contributed by atoms with Crippen LogP contribution in [0.15, 0.2) is 23.4 Å². The lowest BCUT2D eigenvalue weighted by Gasteiger charge is -2.32. The molecule has 3 rings (SSSR count). The smallest absolute Gasteiger partial charge is 0.256 e. The van der Waals surface area contributed by atoms with Crippen LogP contribution in [0.5, 0.6) is 0 Å². The monoisotopic (exact) mass is 448 g/mol. The van der Waals surface area contributed by atoms with E-state index in [-0.39, 0.29) is 41.9 Å². The van der Waals surface area contributed by atoms with Gasteiger partial charge in [-0.2, -0.15) is 0 Å². The summed E-state index contributed by atoms with van der Waals surface area (Å²) in [6.07, 6.45) is 5.79. The molecular formula is C19H30Cl2N4O2S. The number of hydrogen-bond donors (Lipinski definition) is 1. The van der Waals surface area contributed by atoms with Crippen molar-refractivity contribution >= 4 is 48.4 Å². The zero-order chi connectivity index (χ0) is 18.5. The number of hydrogen-bond acceptors (Lipinski definition) is 5. The lowest BCUT2D eigenvalue weighted by atomic mass is 10.0. The average molecular weight is 449 g/mol. The maximum atomic E-state index is 13.0. The van der Waals surface area contributed by atoms with Crippen LogP contribution in [0.1, 0.15) is 43.0 Å². The van der Waals surface area contributed by atoms with Crippen LogP contribution in [0.2, 0.25) is 0 Å². The molecule has 28 heavy (non-hydrogen) atoms. The highest BCUT2D eigenvalue weighted by molar-refractivity contribution is 8.00. The van der Waals surface area contributed by atoms with Crippen LogP contribution in [0.3, 0.4) is 0 Å². The van der Waals surface area contributed by atoms with Crippen molar-refractivity contribution in [3.8, 4) is 0 Å². The summed E-state index contributed by atoms with van der Waals surface area (Å²) in [5.41, 5.74) is 0.612. The van der Waals surface area contributed by atoms with Crippen molar-refractivity contribution in [2.45, 2.75) is 48.9 Å². The third kappa shape index (κ3) is 5.99. The highest BCUT2D eigenvalue weighted by Crippen LogP contribution is 2.28. The normalized spacial score (nSPS) is 18.2. The quantitative estimate of drug-likeness (QED) is 0.701. The fourth-order valence-corrected chi connectivity index (χ4v) is 4.59. The van der Waals surface area contributed by atoms with Crippen molar-refractivity contribution in [3.05, 3.63) is 23.9 Å². The van der Waals surface area contributed by atoms with Crippen LogP contribution in [-0.2, 0) is 4.79 Å². The Bertz CT molecular complexity index is 651. The van der Waals surface area contributed by atoms with Crippen molar-refractivity contribution < 1.29 is 9.59 Å². The van der Waals surface area contributed by atoms with Gasteiger partial charge in [-0.1, -0.05) is 11.8 Å². The van der Waals surface area contributed by atoms with Crippen molar-refractivity contribution in [2.24, 2.45) is 0 Å². The Balaban J connectivity index is 0.00000196. The van der Waals surface area contributed by atoms with Gasteiger partial charge in [0.2, 0.25) is 5.91 Å². The minimum absolute atomic E-state index is 0. The van der Waals surface area contributed by atoms with Gasteiger partial charge < -0.3 is 15.1 Å². The molecule has 0 saturated carbocycles. The molecule has 158 valence electrons. The predicted octanol–water partition coefficient (Wildman–Crippen LogP) is 2.85. The number of thioether (sulfide) groups is 1. The second-order valence-corrected chi connectivity index (χ2v) is 8.33. The van der Waals surface area contributed by atoms with E-state index in [4.69, 9.17) is 0 Å². The molecule has 0 radical (unpaired) electrons. The molecule has 1 aromatic rings. The summed E-state index contributed by atoms with van der Waals surface area (Å²) >= 11 is 1.40. The highest BCUT2D eigenvalue weighted by Gasteiger charge is 2.28. The van der Waals surface area contributed by atoms with Crippen LogP contribution in [0.4, 0.5) is 0 Å². The minimum atomic E-state index is -0.232. The first-order valence-electron chi connectivity index (χ1n) is 9.47. The third-order valence-electron chi connectivity index (χ3n) is 5.25. The lowest BCUT2D eigenvalue weighted by Crippen LogP contribution is -2.44. The summed E-state index contributed by atoms with van der Waals surface area (Å²) in [5, 5.41) is 3.71.